The molecule has 0 bridgehead atoms. The Morgan fingerprint density at radius 2 is 1.81 bits per heavy atom. The third-order valence-electron chi connectivity index (χ3n) is 6.01. The number of anilines is 2. The fraction of sp³-hybridized carbons (Fsp3) is 0.333. The van der Waals surface area contributed by atoms with Gasteiger partial charge >= 0.3 is 0 Å². The van der Waals surface area contributed by atoms with Crippen molar-refractivity contribution >= 4 is 28.3 Å². The Hall–Kier alpha value is -3.66. The van der Waals surface area contributed by atoms with Crippen molar-refractivity contribution in [2.45, 2.75) is 39.7 Å². The molecule has 1 saturated heterocycles. The van der Waals surface area contributed by atoms with E-state index in [0.717, 1.165) is 71.3 Å². The van der Waals surface area contributed by atoms with Gasteiger partial charge in [0, 0.05) is 30.9 Å². The summed E-state index contributed by atoms with van der Waals surface area (Å²) in [5.74, 6) is 2.82. The number of piperidine rings is 1. The van der Waals surface area contributed by atoms with Crippen molar-refractivity contribution in [3.63, 3.8) is 0 Å². The first-order valence-corrected chi connectivity index (χ1v) is 10.7. The fourth-order valence-electron chi connectivity index (χ4n) is 4.52. The highest BCUT2D eigenvalue weighted by atomic mass is 15.2. The number of hydrogen-bond acceptors (Lipinski definition) is 6. The van der Waals surface area contributed by atoms with Gasteiger partial charge in [-0.15, -0.1) is 0 Å². The van der Waals surface area contributed by atoms with E-state index in [2.05, 4.69) is 48.9 Å². The normalized spacial score (nSPS) is 14.8. The highest BCUT2D eigenvalue weighted by Gasteiger charge is 2.23. The van der Waals surface area contributed by atoms with Crippen LogP contribution in [-0.4, -0.2) is 38.5 Å². The maximum atomic E-state index is 9.69. The molecule has 0 unspecified atom stereocenters. The maximum absolute atomic E-state index is 9.69. The zero-order valence-corrected chi connectivity index (χ0v) is 18.1. The van der Waals surface area contributed by atoms with Gasteiger partial charge in [-0.1, -0.05) is 12.1 Å². The summed E-state index contributed by atoms with van der Waals surface area (Å²) in [7, 11) is 0. The van der Waals surface area contributed by atoms with Gasteiger partial charge in [-0.25, -0.2) is 15.0 Å². The molecule has 3 aromatic heterocycles. The van der Waals surface area contributed by atoms with Gasteiger partial charge in [0.2, 0.25) is 0 Å². The number of hydrogen-bond donors (Lipinski definition) is 1. The molecule has 1 aromatic carbocycles. The summed E-state index contributed by atoms with van der Waals surface area (Å²) >= 11 is 0. The Kier molecular flexibility index (Phi) is 4.70. The Morgan fingerprint density at radius 1 is 1.03 bits per heavy atom. The van der Waals surface area contributed by atoms with Gasteiger partial charge in [0.15, 0.2) is 5.65 Å². The van der Waals surface area contributed by atoms with Gasteiger partial charge < -0.3 is 10.2 Å². The summed E-state index contributed by atoms with van der Waals surface area (Å²) in [4.78, 5) is 16.1. The molecule has 5 rings (SSSR count). The Labute approximate surface area is 181 Å². The molecule has 0 spiro atoms. The van der Waals surface area contributed by atoms with Crippen LogP contribution in [0.25, 0.3) is 16.7 Å². The maximum Gasteiger partial charge on any atom is 0.157 e. The van der Waals surface area contributed by atoms with Crippen molar-refractivity contribution in [1.82, 2.24) is 19.4 Å². The summed E-state index contributed by atoms with van der Waals surface area (Å²) in [6, 6.07) is 14.8. The monoisotopic (exact) mass is 411 g/mol. The number of nitrogens with one attached hydrogen (secondary N) is 1. The van der Waals surface area contributed by atoms with Crippen LogP contribution in [0.1, 0.15) is 35.5 Å². The molecule has 0 amide bonds. The molecule has 1 aliphatic heterocycles. The third-order valence-corrected chi connectivity index (χ3v) is 6.01. The van der Waals surface area contributed by atoms with Gasteiger partial charge in [-0.3, -0.25) is 4.40 Å². The molecule has 1 aliphatic rings. The number of imidazole rings is 1. The van der Waals surface area contributed by atoms with E-state index in [0.29, 0.717) is 11.6 Å². The minimum atomic E-state index is 0.344. The fourth-order valence-corrected chi connectivity index (χ4v) is 4.52. The summed E-state index contributed by atoms with van der Waals surface area (Å²) < 4.78 is 2.09. The van der Waals surface area contributed by atoms with Crippen molar-refractivity contribution in [3.05, 3.63) is 59.0 Å². The number of nitriles is 1. The lowest BCUT2D eigenvalue weighted by molar-refractivity contribution is 0.521. The van der Waals surface area contributed by atoms with Crippen molar-refractivity contribution in [1.29, 1.82) is 5.26 Å². The van der Waals surface area contributed by atoms with Crippen LogP contribution in [0.2, 0.25) is 0 Å². The predicted molar refractivity (Wildman–Crippen MR) is 123 cm³/mol. The van der Waals surface area contributed by atoms with Crippen LogP contribution >= 0.6 is 0 Å². The molecule has 1 fully saturated rings. The third kappa shape index (κ3) is 3.44. The number of aryl methyl sites for hydroxylation is 3. The molecule has 7 nitrogen and oxygen atoms in total. The molecule has 0 aliphatic carbocycles. The molecule has 7 heteroatoms. The van der Waals surface area contributed by atoms with E-state index >= 15 is 0 Å². The number of pyridine rings is 1. The Bertz CT molecular complexity index is 1300. The van der Waals surface area contributed by atoms with E-state index < -0.39 is 0 Å². The predicted octanol–water partition coefficient (Wildman–Crippen LogP) is 4.16. The number of para-hydroxylation sites is 2. The number of aromatic nitrogens is 4. The van der Waals surface area contributed by atoms with Crippen LogP contribution in [0.5, 0.6) is 0 Å². The summed E-state index contributed by atoms with van der Waals surface area (Å²) in [6.45, 7) is 7.82. The Morgan fingerprint density at radius 3 is 2.55 bits per heavy atom. The second-order valence-electron chi connectivity index (χ2n) is 8.28. The van der Waals surface area contributed by atoms with E-state index in [1.807, 2.05) is 39.0 Å². The lowest BCUT2D eigenvalue weighted by Crippen LogP contribution is -2.40. The van der Waals surface area contributed by atoms with Gasteiger partial charge in [0.25, 0.3) is 0 Å². The minimum absolute atomic E-state index is 0.344. The van der Waals surface area contributed by atoms with E-state index in [4.69, 9.17) is 4.98 Å². The lowest BCUT2D eigenvalue weighted by Gasteiger charge is -2.34. The molecular weight excluding hydrogens is 386 g/mol. The Balaban J connectivity index is 1.43. The minimum Gasteiger partial charge on any atom is -0.368 e. The summed E-state index contributed by atoms with van der Waals surface area (Å²) in [5, 5.41) is 13.4. The highest BCUT2D eigenvalue weighted by Crippen LogP contribution is 2.28. The van der Waals surface area contributed by atoms with Gasteiger partial charge in [-0.2, -0.15) is 5.26 Å². The largest absolute Gasteiger partial charge is 0.368 e. The van der Waals surface area contributed by atoms with Crippen LogP contribution < -0.4 is 10.2 Å². The smallest absolute Gasteiger partial charge is 0.157 e. The topological polar surface area (TPSA) is 82.1 Å². The van der Waals surface area contributed by atoms with Gasteiger partial charge in [0.05, 0.1) is 16.6 Å². The number of benzene rings is 1. The van der Waals surface area contributed by atoms with Crippen LogP contribution in [-0.2, 0) is 0 Å². The van der Waals surface area contributed by atoms with Gasteiger partial charge in [-0.05, 0) is 57.4 Å². The second-order valence-corrected chi connectivity index (χ2v) is 8.28. The van der Waals surface area contributed by atoms with E-state index in [1.54, 1.807) is 0 Å². The molecule has 0 atom stereocenters. The lowest BCUT2D eigenvalue weighted by atomic mass is 10.0. The van der Waals surface area contributed by atoms with Crippen molar-refractivity contribution < 1.29 is 0 Å². The average Bonchev–Trinajstić information content (AvgIpc) is 3.13. The zero-order valence-electron chi connectivity index (χ0n) is 18.1. The summed E-state index contributed by atoms with van der Waals surface area (Å²) in [5.41, 5.74) is 5.21. The van der Waals surface area contributed by atoms with E-state index in [-0.39, 0.29) is 0 Å². The van der Waals surface area contributed by atoms with Crippen LogP contribution in [0.3, 0.4) is 0 Å². The van der Waals surface area contributed by atoms with Crippen molar-refractivity contribution in [3.8, 4) is 6.07 Å². The zero-order chi connectivity index (χ0) is 21.5. The van der Waals surface area contributed by atoms with Crippen LogP contribution in [0, 0.1) is 32.1 Å². The molecule has 4 aromatic rings. The number of fused-ring (bicyclic) bond motifs is 3. The molecule has 1 N–H and O–H groups in total. The highest BCUT2D eigenvalue weighted by molar-refractivity contribution is 5.85. The molecule has 4 heterocycles. The first kappa shape index (κ1) is 19.3. The molecular formula is C24H25N7. The van der Waals surface area contributed by atoms with E-state index in [1.165, 1.54) is 0 Å². The van der Waals surface area contributed by atoms with Crippen LogP contribution in [0.4, 0.5) is 11.6 Å². The molecule has 156 valence electrons. The summed E-state index contributed by atoms with van der Waals surface area (Å²) in [6.07, 6.45) is 2.02. The standard InChI is InChI=1S/C24H25N7/c1-15-12-23(31-21-7-5-4-6-20(21)29-24(31)19(15)14-25)28-18-8-10-30(11-9-18)22-13-16(2)26-17(3)27-22/h4-7,12-13,18,28H,8-11H2,1-3H3. The second kappa shape index (κ2) is 7.55. The van der Waals surface area contributed by atoms with Crippen molar-refractivity contribution in [2.75, 3.05) is 23.3 Å². The number of nitrogens with zero attached hydrogens (tertiary/aromatic N) is 6. The first-order valence-electron chi connectivity index (χ1n) is 10.7. The van der Waals surface area contributed by atoms with Crippen molar-refractivity contribution in [2.24, 2.45) is 0 Å². The molecule has 0 saturated carbocycles. The number of rotatable bonds is 3. The van der Waals surface area contributed by atoms with Gasteiger partial charge in [0.1, 0.15) is 23.5 Å². The quantitative estimate of drug-likeness (QED) is 0.545. The van der Waals surface area contributed by atoms with E-state index in [9.17, 15) is 5.26 Å². The molecule has 0 radical (unpaired) electrons. The molecule has 31 heavy (non-hydrogen) atoms. The van der Waals surface area contributed by atoms with Crippen LogP contribution in [0.15, 0.2) is 36.4 Å². The average molecular weight is 412 g/mol. The first-order chi connectivity index (χ1) is 15.0. The SMILES string of the molecule is Cc1cc(N2CCC(Nc3cc(C)c(C#N)c4nc5ccccc5n34)CC2)nc(C)n1.